The van der Waals surface area contributed by atoms with E-state index in [1.165, 1.54) is 12.8 Å². The standard InChI is InChI=1S/C10H16N2/c1-2-3-8-12-10-6-4-9(11)5-7-10/h4-7,12H,2-3,8,11H2,1H3. The fourth-order valence-corrected chi connectivity index (χ4v) is 1.01. The van der Waals surface area contributed by atoms with Gasteiger partial charge in [0.15, 0.2) is 0 Å². The quantitative estimate of drug-likeness (QED) is 0.530. The molecule has 0 atom stereocenters. The van der Waals surface area contributed by atoms with Gasteiger partial charge in [0.05, 0.1) is 0 Å². The van der Waals surface area contributed by atoms with Crippen molar-refractivity contribution in [2.45, 2.75) is 19.8 Å². The monoisotopic (exact) mass is 164 g/mol. The van der Waals surface area contributed by atoms with Crippen molar-refractivity contribution in [2.24, 2.45) is 0 Å². The maximum atomic E-state index is 5.55. The highest BCUT2D eigenvalue weighted by molar-refractivity contribution is 5.50. The molecule has 0 aliphatic heterocycles. The average Bonchev–Trinajstić information content (AvgIpc) is 2.09. The van der Waals surface area contributed by atoms with Crippen molar-refractivity contribution in [1.82, 2.24) is 0 Å². The second-order valence-electron chi connectivity index (χ2n) is 2.90. The Balaban J connectivity index is 2.37. The summed E-state index contributed by atoms with van der Waals surface area (Å²) in [7, 11) is 0. The molecule has 12 heavy (non-hydrogen) atoms. The number of anilines is 2. The molecule has 0 fully saturated rings. The van der Waals surface area contributed by atoms with E-state index in [1.807, 2.05) is 24.3 Å². The van der Waals surface area contributed by atoms with Gasteiger partial charge in [-0.15, -0.1) is 0 Å². The zero-order valence-electron chi connectivity index (χ0n) is 7.51. The van der Waals surface area contributed by atoms with E-state index in [4.69, 9.17) is 5.73 Å². The fraction of sp³-hybridized carbons (Fsp3) is 0.400. The molecule has 2 nitrogen and oxygen atoms in total. The Morgan fingerprint density at radius 2 is 1.92 bits per heavy atom. The van der Waals surface area contributed by atoms with E-state index in [2.05, 4.69) is 12.2 Å². The largest absolute Gasteiger partial charge is 0.399 e. The lowest BCUT2D eigenvalue weighted by atomic mass is 10.2. The topological polar surface area (TPSA) is 38.0 Å². The van der Waals surface area contributed by atoms with Gasteiger partial charge >= 0.3 is 0 Å². The van der Waals surface area contributed by atoms with Crippen LogP contribution >= 0.6 is 0 Å². The number of hydrogen-bond acceptors (Lipinski definition) is 2. The molecule has 0 radical (unpaired) electrons. The normalized spacial score (nSPS) is 9.75. The van der Waals surface area contributed by atoms with Crippen LogP contribution in [0.1, 0.15) is 19.8 Å². The molecule has 1 aromatic rings. The van der Waals surface area contributed by atoms with Crippen molar-refractivity contribution in [3.8, 4) is 0 Å². The summed E-state index contributed by atoms with van der Waals surface area (Å²) in [6, 6.07) is 7.83. The predicted molar refractivity (Wildman–Crippen MR) is 54.3 cm³/mol. The van der Waals surface area contributed by atoms with E-state index in [-0.39, 0.29) is 0 Å². The molecule has 1 rings (SSSR count). The summed E-state index contributed by atoms with van der Waals surface area (Å²) in [5, 5.41) is 3.32. The molecule has 0 spiro atoms. The molecule has 66 valence electrons. The molecule has 0 bridgehead atoms. The van der Waals surface area contributed by atoms with E-state index in [0.29, 0.717) is 0 Å². The summed E-state index contributed by atoms with van der Waals surface area (Å²) in [6.45, 7) is 3.23. The number of hydrogen-bond donors (Lipinski definition) is 2. The maximum absolute atomic E-state index is 5.55. The highest BCUT2D eigenvalue weighted by atomic mass is 14.9. The van der Waals surface area contributed by atoms with Gasteiger partial charge in [0.2, 0.25) is 0 Å². The van der Waals surface area contributed by atoms with Crippen LogP contribution in [0.25, 0.3) is 0 Å². The zero-order chi connectivity index (χ0) is 8.81. The van der Waals surface area contributed by atoms with Crippen LogP contribution in [-0.4, -0.2) is 6.54 Å². The van der Waals surface area contributed by atoms with Gasteiger partial charge in [-0.05, 0) is 30.7 Å². The number of rotatable bonds is 4. The summed E-state index contributed by atoms with van der Waals surface area (Å²) in [6.07, 6.45) is 2.44. The van der Waals surface area contributed by atoms with Crippen LogP contribution in [0.4, 0.5) is 11.4 Å². The van der Waals surface area contributed by atoms with Crippen LogP contribution in [0.2, 0.25) is 0 Å². The van der Waals surface area contributed by atoms with Crippen molar-refractivity contribution >= 4 is 11.4 Å². The number of nitrogens with one attached hydrogen (secondary N) is 1. The minimum Gasteiger partial charge on any atom is -0.399 e. The minimum absolute atomic E-state index is 0.816. The number of unbranched alkanes of at least 4 members (excludes halogenated alkanes) is 1. The van der Waals surface area contributed by atoms with E-state index in [0.717, 1.165) is 17.9 Å². The third-order valence-electron chi connectivity index (χ3n) is 1.77. The highest BCUT2D eigenvalue weighted by Gasteiger charge is 1.89. The molecule has 2 heteroatoms. The van der Waals surface area contributed by atoms with E-state index < -0.39 is 0 Å². The Morgan fingerprint density at radius 1 is 1.25 bits per heavy atom. The number of benzene rings is 1. The lowest BCUT2D eigenvalue weighted by Crippen LogP contribution is -2.00. The Morgan fingerprint density at radius 3 is 2.50 bits per heavy atom. The molecule has 3 N–H and O–H groups in total. The van der Waals surface area contributed by atoms with Crippen LogP contribution in [0, 0.1) is 0 Å². The molecule has 0 aromatic heterocycles. The first-order chi connectivity index (χ1) is 5.83. The van der Waals surface area contributed by atoms with Crippen LogP contribution in [0.5, 0.6) is 0 Å². The molecule has 0 amide bonds. The van der Waals surface area contributed by atoms with Gasteiger partial charge in [-0.3, -0.25) is 0 Å². The lowest BCUT2D eigenvalue weighted by Gasteiger charge is -2.04. The Bertz CT molecular complexity index is 216. The molecule has 0 aliphatic carbocycles. The second kappa shape index (κ2) is 4.65. The average molecular weight is 164 g/mol. The first-order valence-electron chi connectivity index (χ1n) is 4.42. The van der Waals surface area contributed by atoms with Crippen LogP contribution in [0.3, 0.4) is 0 Å². The molecular weight excluding hydrogens is 148 g/mol. The van der Waals surface area contributed by atoms with Crippen molar-refractivity contribution in [3.05, 3.63) is 24.3 Å². The van der Waals surface area contributed by atoms with Crippen molar-refractivity contribution < 1.29 is 0 Å². The van der Waals surface area contributed by atoms with Gasteiger partial charge in [-0.2, -0.15) is 0 Å². The Kier molecular flexibility index (Phi) is 3.45. The fourth-order valence-electron chi connectivity index (χ4n) is 1.01. The smallest absolute Gasteiger partial charge is 0.0341 e. The number of nitrogens with two attached hydrogens (primary N) is 1. The van der Waals surface area contributed by atoms with E-state index in [9.17, 15) is 0 Å². The first kappa shape index (κ1) is 8.91. The number of nitrogen functional groups attached to an aromatic ring is 1. The van der Waals surface area contributed by atoms with Crippen LogP contribution in [0.15, 0.2) is 24.3 Å². The summed E-state index contributed by atoms with van der Waals surface area (Å²) < 4.78 is 0. The molecule has 0 unspecified atom stereocenters. The summed E-state index contributed by atoms with van der Waals surface area (Å²) >= 11 is 0. The lowest BCUT2D eigenvalue weighted by molar-refractivity contribution is 0.834. The Labute approximate surface area is 73.8 Å². The van der Waals surface area contributed by atoms with Crippen LogP contribution < -0.4 is 11.1 Å². The molecule has 1 aromatic carbocycles. The van der Waals surface area contributed by atoms with Gasteiger partial charge in [-0.1, -0.05) is 13.3 Å². The van der Waals surface area contributed by atoms with Crippen LogP contribution in [-0.2, 0) is 0 Å². The first-order valence-corrected chi connectivity index (χ1v) is 4.42. The van der Waals surface area contributed by atoms with Crippen molar-refractivity contribution in [2.75, 3.05) is 17.6 Å². The molecular formula is C10H16N2. The predicted octanol–water partition coefficient (Wildman–Crippen LogP) is 2.48. The summed E-state index contributed by atoms with van der Waals surface area (Å²) in [5.74, 6) is 0. The second-order valence-corrected chi connectivity index (χ2v) is 2.90. The van der Waals surface area contributed by atoms with Gasteiger partial charge in [-0.25, -0.2) is 0 Å². The highest BCUT2D eigenvalue weighted by Crippen LogP contribution is 2.10. The van der Waals surface area contributed by atoms with E-state index in [1.54, 1.807) is 0 Å². The van der Waals surface area contributed by atoms with Crippen molar-refractivity contribution in [3.63, 3.8) is 0 Å². The molecule has 0 saturated heterocycles. The van der Waals surface area contributed by atoms with Gasteiger partial charge < -0.3 is 11.1 Å². The SMILES string of the molecule is CCCCNc1ccc(N)cc1. The Hall–Kier alpha value is -1.18. The zero-order valence-corrected chi connectivity index (χ0v) is 7.51. The van der Waals surface area contributed by atoms with E-state index >= 15 is 0 Å². The van der Waals surface area contributed by atoms with Gasteiger partial charge in [0.25, 0.3) is 0 Å². The molecule has 0 heterocycles. The molecule has 0 aliphatic rings. The third-order valence-corrected chi connectivity index (χ3v) is 1.77. The molecule has 0 saturated carbocycles. The minimum atomic E-state index is 0.816. The third kappa shape index (κ3) is 2.82. The van der Waals surface area contributed by atoms with Gasteiger partial charge in [0, 0.05) is 17.9 Å². The summed E-state index contributed by atoms with van der Waals surface area (Å²) in [5.41, 5.74) is 7.52. The maximum Gasteiger partial charge on any atom is 0.0341 e. The van der Waals surface area contributed by atoms with Crippen molar-refractivity contribution in [1.29, 1.82) is 0 Å². The summed E-state index contributed by atoms with van der Waals surface area (Å²) in [4.78, 5) is 0. The van der Waals surface area contributed by atoms with Gasteiger partial charge in [0.1, 0.15) is 0 Å².